The molecule has 0 spiro atoms. The molecule has 2 amide bonds. The number of aromatic carboxylic acids is 1. The summed E-state index contributed by atoms with van der Waals surface area (Å²) in [5, 5.41) is 21.3. The lowest BCUT2D eigenvalue weighted by atomic mass is 9.94. The van der Waals surface area contributed by atoms with Gasteiger partial charge in [0.05, 0.1) is 5.60 Å². The van der Waals surface area contributed by atoms with Gasteiger partial charge in [0.2, 0.25) is 0 Å². The van der Waals surface area contributed by atoms with Crippen LogP contribution >= 0.6 is 0 Å². The normalized spacial score (nSPS) is 17.3. The summed E-state index contributed by atoms with van der Waals surface area (Å²) < 4.78 is 0. The molecule has 1 fully saturated rings. The van der Waals surface area contributed by atoms with Crippen LogP contribution in [0.15, 0.2) is 18.3 Å². The molecule has 0 radical (unpaired) electrons. The average molecular weight is 293 g/mol. The number of aliphatic hydroxyl groups is 1. The van der Waals surface area contributed by atoms with Crippen LogP contribution in [0, 0.1) is 0 Å². The highest BCUT2D eigenvalue weighted by Crippen LogP contribution is 2.20. The van der Waals surface area contributed by atoms with Crippen LogP contribution in [-0.4, -0.2) is 50.8 Å². The Kier molecular flexibility index (Phi) is 4.42. The second-order valence-electron chi connectivity index (χ2n) is 5.50. The van der Waals surface area contributed by atoms with Gasteiger partial charge in [0, 0.05) is 25.8 Å². The van der Waals surface area contributed by atoms with Crippen LogP contribution in [0.3, 0.4) is 0 Å². The van der Waals surface area contributed by atoms with Crippen molar-refractivity contribution in [2.75, 3.05) is 13.1 Å². The van der Waals surface area contributed by atoms with Crippen LogP contribution in [0.25, 0.3) is 0 Å². The summed E-state index contributed by atoms with van der Waals surface area (Å²) in [7, 11) is 0. The van der Waals surface area contributed by atoms with E-state index in [1.807, 2.05) is 0 Å². The predicted molar refractivity (Wildman–Crippen MR) is 74.9 cm³/mol. The molecule has 7 heteroatoms. The first-order valence-corrected chi connectivity index (χ1v) is 6.81. The third-order valence-electron chi connectivity index (χ3n) is 3.62. The molecule has 2 heterocycles. The molecule has 114 valence electrons. The summed E-state index contributed by atoms with van der Waals surface area (Å²) in [5.41, 5.74) is 0.0218. The number of piperidine rings is 1. The Morgan fingerprint density at radius 2 is 2.05 bits per heavy atom. The van der Waals surface area contributed by atoms with Gasteiger partial charge in [0.1, 0.15) is 5.69 Å². The molecular weight excluding hydrogens is 274 g/mol. The van der Waals surface area contributed by atoms with Crippen LogP contribution < -0.4 is 5.32 Å². The van der Waals surface area contributed by atoms with Crippen LogP contribution in [0.4, 0.5) is 4.79 Å². The number of carbonyl (C=O) groups is 2. The Bertz CT molecular complexity index is 518. The maximum absolute atomic E-state index is 12.0. The summed E-state index contributed by atoms with van der Waals surface area (Å²) >= 11 is 0. The van der Waals surface area contributed by atoms with E-state index in [1.54, 1.807) is 17.9 Å². The lowest BCUT2D eigenvalue weighted by molar-refractivity contribution is 0.00435. The van der Waals surface area contributed by atoms with Gasteiger partial charge in [0.15, 0.2) is 0 Å². The number of amides is 2. The molecule has 1 aliphatic rings. The van der Waals surface area contributed by atoms with Gasteiger partial charge < -0.3 is 20.4 Å². The van der Waals surface area contributed by atoms with E-state index < -0.39 is 11.6 Å². The highest BCUT2D eigenvalue weighted by Gasteiger charge is 2.29. The number of aromatic nitrogens is 1. The highest BCUT2D eigenvalue weighted by atomic mass is 16.4. The van der Waals surface area contributed by atoms with Crippen molar-refractivity contribution >= 4 is 12.0 Å². The number of pyridine rings is 1. The smallest absolute Gasteiger partial charge is 0.354 e. The Hall–Kier alpha value is -2.15. The molecule has 0 bridgehead atoms. The quantitative estimate of drug-likeness (QED) is 0.766. The lowest BCUT2D eigenvalue weighted by Crippen LogP contribution is -2.48. The van der Waals surface area contributed by atoms with Gasteiger partial charge in [-0.05, 0) is 31.4 Å². The van der Waals surface area contributed by atoms with Crippen LogP contribution in [-0.2, 0) is 6.54 Å². The molecule has 0 saturated carbocycles. The summed E-state index contributed by atoms with van der Waals surface area (Å²) in [4.78, 5) is 28.1. The van der Waals surface area contributed by atoms with Crippen molar-refractivity contribution in [2.24, 2.45) is 0 Å². The fraction of sp³-hybridized carbons (Fsp3) is 0.500. The average Bonchev–Trinajstić information content (AvgIpc) is 2.45. The van der Waals surface area contributed by atoms with Crippen LogP contribution in [0.2, 0.25) is 0 Å². The minimum Gasteiger partial charge on any atom is -0.477 e. The van der Waals surface area contributed by atoms with Gasteiger partial charge in [-0.25, -0.2) is 14.6 Å². The van der Waals surface area contributed by atoms with Gasteiger partial charge in [-0.1, -0.05) is 6.07 Å². The molecule has 1 aliphatic heterocycles. The number of carboxylic acid groups (broad SMARTS) is 1. The number of hydrogen-bond acceptors (Lipinski definition) is 4. The summed E-state index contributed by atoms with van der Waals surface area (Å²) in [6.07, 6.45) is 2.56. The van der Waals surface area contributed by atoms with Crippen molar-refractivity contribution in [3.63, 3.8) is 0 Å². The largest absolute Gasteiger partial charge is 0.477 e. The highest BCUT2D eigenvalue weighted by molar-refractivity contribution is 5.85. The Morgan fingerprint density at radius 1 is 1.38 bits per heavy atom. The number of nitrogens with one attached hydrogen (secondary N) is 1. The maximum atomic E-state index is 12.0. The van der Waals surface area contributed by atoms with Crippen molar-refractivity contribution in [1.29, 1.82) is 0 Å². The summed E-state index contributed by atoms with van der Waals surface area (Å²) in [6.45, 7) is 3.11. The monoisotopic (exact) mass is 293 g/mol. The van der Waals surface area contributed by atoms with E-state index in [2.05, 4.69) is 10.3 Å². The van der Waals surface area contributed by atoms with Crippen molar-refractivity contribution < 1.29 is 19.8 Å². The number of likely N-dealkylation sites (tertiary alicyclic amines) is 1. The van der Waals surface area contributed by atoms with Crippen LogP contribution in [0.1, 0.15) is 35.8 Å². The number of urea groups is 1. The van der Waals surface area contributed by atoms with E-state index in [9.17, 15) is 14.7 Å². The SMILES string of the molecule is CC1(O)CCN(C(=O)NCc2ccc(C(=O)O)nc2)CC1. The van der Waals surface area contributed by atoms with Gasteiger partial charge in [-0.3, -0.25) is 0 Å². The number of carboxylic acids is 1. The van der Waals surface area contributed by atoms with Crippen molar-refractivity contribution in [3.8, 4) is 0 Å². The number of carbonyl (C=O) groups excluding carboxylic acids is 1. The second kappa shape index (κ2) is 6.09. The van der Waals surface area contributed by atoms with E-state index in [-0.39, 0.29) is 11.7 Å². The lowest BCUT2D eigenvalue weighted by Gasteiger charge is -2.35. The molecule has 1 aromatic rings. The predicted octanol–water partition coefficient (Wildman–Crippen LogP) is 0.836. The Labute approximate surface area is 122 Å². The number of nitrogens with zero attached hydrogens (tertiary/aromatic N) is 2. The third-order valence-corrected chi connectivity index (χ3v) is 3.62. The van der Waals surface area contributed by atoms with Gasteiger partial charge in [-0.2, -0.15) is 0 Å². The molecule has 1 saturated heterocycles. The van der Waals surface area contributed by atoms with E-state index >= 15 is 0 Å². The minimum atomic E-state index is -1.08. The molecule has 1 aromatic heterocycles. The standard InChI is InChI=1S/C14H19N3O4/c1-14(21)4-6-17(7-5-14)13(20)16-9-10-2-3-11(12(18)19)15-8-10/h2-3,8,21H,4-7,9H2,1H3,(H,16,20)(H,18,19). The minimum absolute atomic E-state index is 0.0247. The topological polar surface area (TPSA) is 103 Å². The zero-order valence-corrected chi connectivity index (χ0v) is 11.9. The van der Waals surface area contributed by atoms with E-state index in [1.165, 1.54) is 12.3 Å². The molecular formula is C14H19N3O4. The van der Waals surface area contributed by atoms with Crippen LogP contribution in [0.5, 0.6) is 0 Å². The molecule has 0 atom stereocenters. The molecule has 21 heavy (non-hydrogen) atoms. The molecule has 3 N–H and O–H groups in total. The molecule has 0 aromatic carbocycles. The van der Waals surface area contributed by atoms with Crippen molar-refractivity contribution in [2.45, 2.75) is 31.9 Å². The second-order valence-corrected chi connectivity index (χ2v) is 5.50. The summed E-state index contributed by atoms with van der Waals surface area (Å²) in [6, 6.07) is 2.84. The fourth-order valence-electron chi connectivity index (χ4n) is 2.14. The zero-order valence-electron chi connectivity index (χ0n) is 11.9. The van der Waals surface area contributed by atoms with Crippen molar-refractivity contribution in [3.05, 3.63) is 29.6 Å². The molecule has 2 rings (SSSR count). The number of rotatable bonds is 3. The van der Waals surface area contributed by atoms with Crippen molar-refractivity contribution in [1.82, 2.24) is 15.2 Å². The van der Waals surface area contributed by atoms with Gasteiger partial charge >= 0.3 is 12.0 Å². The first-order valence-electron chi connectivity index (χ1n) is 6.81. The first-order chi connectivity index (χ1) is 9.87. The number of hydrogen-bond donors (Lipinski definition) is 3. The van der Waals surface area contributed by atoms with Gasteiger partial charge in [-0.15, -0.1) is 0 Å². The first kappa shape index (κ1) is 15.2. The molecule has 0 unspecified atom stereocenters. The van der Waals surface area contributed by atoms with E-state index in [0.717, 1.165) is 5.56 Å². The van der Waals surface area contributed by atoms with E-state index in [0.29, 0.717) is 32.5 Å². The van der Waals surface area contributed by atoms with E-state index in [4.69, 9.17) is 5.11 Å². The summed E-state index contributed by atoms with van der Waals surface area (Å²) in [5.74, 6) is -1.08. The Balaban J connectivity index is 1.82. The van der Waals surface area contributed by atoms with Gasteiger partial charge in [0.25, 0.3) is 0 Å². The fourth-order valence-corrected chi connectivity index (χ4v) is 2.14. The third kappa shape index (κ3) is 4.16. The zero-order chi connectivity index (χ0) is 15.5. The molecule has 7 nitrogen and oxygen atoms in total. The molecule has 0 aliphatic carbocycles. The maximum Gasteiger partial charge on any atom is 0.354 e. The Morgan fingerprint density at radius 3 is 2.57 bits per heavy atom.